The van der Waals surface area contributed by atoms with Crippen LogP contribution in [0.25, 0.3) is 33.4 Å². The lowest BCUT2D eigenvalue weighted by molar-refractivity contribution is -0.137. The van der Waals surface area contributed by atoms with Gasteiger partial charge in [-0.05, 0) is 70.9 Å². The van der Waals surface area contributed by atoms with E-state index in [9.17, 15) is 26.2 Å². The van der Waals surface area contributed by atoms with Crippen LogP contribution in [0.2, 0.25) is 0 Å². The van der Waals surface area contributed by atoms with Gasteiger partial charge in [-0.1, -0.05) is 51.0 Å². The van der Waals surface area contributed by atoms with Crippen molar-refractivity contribution < 1.29 is 35.7 Å². The van der Waals surface area contributed by atoms with Gasteiger partial charge in [0.05, 0.1) is 11.0 Å². The predicted octanol–water partition coefficient (Wildman–Crippen LogP) is 7.37. The van der Waals surface area contributed by atoms with Crippen LogP contribution in [-0.2, 0) is 24.9 Å². The molecule has 2 aromatic rings. The highest BCUT2D eigenvalue weighted by Crippen LogP contribution is 2.43. The number of anilines is 1. The molecule has 1 aliphatic carbocycles. The van der Waals surface area contributed by atoms with E-state index in [1.807, 2.05) is 36.4 Å². The normalized spacial score (nSPS) is 12.1. The number of nitrogens with zero attached hydrogens (tertiary/aromatic N) is 2. The molecule has 0 atom stereocenters. The standard InChI is InChI=1S/C39H53N3O8S2/c1-5-41(6-2)29-19-22-32-35(26-29)50-36-27-30(42(7-3)8-4)20-23-33(36)39(32)34-24-21-31(28-37(34)52(47,48)49)51(45,46)40-25-17-15-13-11-9-10-12-14-16-18-38(43)44/h19-24,26-28,40H,5-18,25H2,1-4H3,(H-,43,44,47,48,49)/p+1. The Bertz CT molecular complexity index is 2080. The topological polar surface area (TPSA) is 157 Å². The lowest BCUT2D eigenvalue weighted by atomic mass is 9.93. The van der Waals surface area contributed by atoms with Gasteiger partial charge in [-0.3, -0.25) is 9.35 Å². The molecule has 0 fully saturated rings. The first-order valence-corrected chi connectivity index (χ1v) is 21.4. The molecule has 52 heavy (non-hydrogen) atoms. The number of carboxylic acid groups (broad SMARTS) is 1. The molecule has 3 N–H and O–H groups in total. The number of hydrogen-bond donors (Lipinski definition) is 3. The van der Waals surface area contributed by atoms with Crippen molar-refractivity contribution in [1.82, 2.24) is 9.30 Å². The highest BCUT2D eigenvalue weighted by Gasteiger charge is 2.27. The smallest absolute Gasteiger partial charge is 0.303 e. The van der Waals surface area contributed by atoms with Gasteiger partial charge in [0.25, 0.3) is 10.1 Å². The van der Waals surface area contributed by atoms with E-state index in [2.05, 4.69) is 41.9 Å². The van der Waals surface area contributed by atoms with Crippen molar-refractivity contribution in [2.75, 3.05) is 37.6 Å². The Morgan fingerprint density at radius 2 is 1.38 bits per heavy atom. The summed E-state index contributed by atoms with van der Waals surface area (Å²) in [6.45, 7) is 11.6. The molecule has 0 bridgehead atoms. The monoisotopic (exact) mass is 756 g/mol. The fourth-order valence-corrected chi connectivity index (χ4v) is 8.65. The van der Waals surface area contributed by atoms with Crippen molar-refractivity contribution in [2.24, 2.45) is 0 Å². The Morgan fingerprint density at radius 1 is 0.769 bits per heavy atom. The van der Waals surface area contributed by atoms with E-state index in [-0.39, 0.29) is 23.4 Å². The van der Waals surface area contributed by atoms with E-state index in [1.165, 1.54) is 12.1 Å². The Kier molecular flexibility index (Phi) is 14.8. The van der Waals surface area contributed by atoms with Gasteiger partial charge in [0.2, 0.25) is 15.4 Å². The molecule has 11 nitrogen and oxygen atoms in total. The molecule has 0 aromatic heterocycles. The van der Waals surface area contributed by atoms with Crippen molar-refractivity contribution in [3.05, 3.63) is 60.0 Å². The summed E-state index contributed by atoms with van der Waals surface area (Å²) in [5.41, 5.74) is 2.77. The molecule has 0 radical (unpaired) electrons. The highest BCUT2D eigenvalue weighted by atomic mass is 32.2. The molecule has 1 aliphatic heterocycles. The number of carboxylic acids is 1. The van der Waals surface area contributed by atoms with Crippen molar-refractivity contribution in [3.8, 4) is 22.5 Å². The molecule has 2 aromatic carbocycles. The first-order chi connectivity index (χ1) is 24.8. The van der Waals surface area contributed by atoms with Gasteiger partial charge in [-0.15, -0.1) is 0 Å². The minimum absolute atomic E-state index is 0.167. The zero-order valence-corrected chi connectivity index (χ0v) is 32.5. The summed E-state index contributed by atoms with van der Waals surface area (Å²) in [7, 11) is -8.96. The lowest BCUT2D eigenvalue weighted by Gasteiger charge is -2.22. The first kappa shape index (κ1) is 41.0. The third kappa shape index (κ3) is 10.4. The summed E-state index contributed by atoms with van der Waals surface area (Å²) < 4.78 is 74.5. The molecule has 0 saturated heterocycles. The maximum Gasteiger partial charge on any atom is 0.303 e. The van der Waals surface area contributed by atoms with Gasteiger partial charge in [-0.2, -0.15) is 8.42 Å². The quantitative estimate of drug-likeness (QED) is 0.0342. The maximum atomic E-state index is 13.4. The van der Waals surface area contributed by atoms with Crippen molar-refractivity contribution >= 4 is 42.8 Å². The predicted molar refractivity (Wildman–Crippen MR) is 207 cm³/mol. The van der Waals surface area contributed by atoms with Crippen molar-refractivity contribution in [2.45, 2.75) is 102 Å². The molecule has 0 unspecified atom stereocenters. The van der Waals surface area contributed by atoms with E-state index < -0.39 is 31.0 Å². The van der Waals surface area contributed by atoms with E-state index in [4.69, 9.17) is 9.52 Å². The Labute approximate surface area is 308 Å². The second kappa shape index (κ2) is 18.8. The van der Waals surface area contributed by atoms with Crippen LogP contribution in [0.4, 0.5) is 5.69 Å². The average molecular weight is 757 g/mol. The van der Waals surface area contributed by atoms with Gasteiger partial charge in [-0.25, -0.2) is 17.7 Å². The van der Waals surface area contributed by atoms with Crippen LogP contribution >= 0.6 is 0 Å². The van der Waals surface area contributed by atoms with Crippen LogP contribution < -0.4 is 19.6 Å². The Morgan fingerprint density at radius 3 is 1.98 bits per heavy atom. The molecular weight excluding hydrogens is 703 g/mol. The summed E-state index contributed by atoms with van der Waals surface area (Å²) in [6.07, 6.45) is 8.39. The molecule has 4 rings (SSSR count). The fourth-order valence-electron chi connectivity index (χ4n) is 6.75. The maximum absolute atomic E-state index is 13.4. The van der Waals surface area contributed by atoms with E-state index in [0.717, 1.165) is 88.2 Å². The van der Waals surface area contributed by atoms with Crippen LogP contribution in [0.15, 0.2) is 68.8 Å². The SMILES string of the molecule is CCN(CC)c1ccc2c(-c3ccc(S(=O)(=O)NCCCCCCCCCCCC(=O)O)cc3S(=O)(=O)O)c3ccc(=[N+](CC)CC)cc-3oc2c1. The molecular formula is C39H54N3O8S2+. The number of hydrogen-bond acceptors (Lipinski definition) is 7. The molecule has 1 heterocycles. The third-order valence-corrected chi connectivity index (χ3v) is 12.0. The number of nitrogens with one attached hydrogen (secondary N) is 1. The van der Waals surface area contributed by atoms with Crippen LogP contribution in [0.1, 0.15) is 91.9 Å². The lowest BCUT2D eigenvalue weighted by Crippen LogP contribution is -2.29. The van der Waals surface area contributed by atoms with Crippen LogP contribution in [0.3, 0.4) is 0 Å². The second-order valence-electron chi connectivity index (χ2n) is 13.0. The number of sulfonamides is 1. The van der Waals surface area contributed by atoms with Crippen LogP contribution in [0.5, 0.6) is 0 Å². The van der Waals surface area contributed by atoms with Gasteiger partial charge in [0, 0.05) is 66.0 Å². The largest absolute Gasteiger partial charge is 0.481 e. The molecule has 13 heteroatoms. The van der Waals surface area contributed by atoms with Gasteiger partial charge in [0.15, 0.2) is 0 Å². The van der Waals surface area contributed by atoms with Gasteiger partial charge in [0.1, 0.15) is 29.3 Å². The average Bonchev–Trinajstić information content (AvgIpc) is 3.11. The molecule has 0 saturated carbocycles. The molecule has 0 spiro atoms. The second-order valence-corrected chi connectivity index (χ2v) is 16.2. The highest BCUT2D eigenvalue weighted by molar-refractivity contribution is 7.89. The number of aliphatic carboxylic acids is 1. The molecule has 284 valence electrons. The minimum atomic E-state index is -4.88. The number of unbranched alkanes of at least 4 members (excludes halogenated alkanes) is 8. The van der Waals surface area contributed by atoms with Crippen molar-refractivity contribution in [1.29, 1.82) is 0 Å². The van der Waals surface area contributed by atoms with Crippen LogP contribution in [0, 0.1) is 0 Å². The summed E-state index contributed by atoms with van der Waals surface area (Å²) in [4.78, 5) is 12.0. The molecule has 2 aliphatic rings. The zero-order chi connectivity index (χ0) is 37.9. The van der Waals surface area contributed by atoms with E-state index >= 15 is 0 Å². The van der Waals surface area contributed by atoms with Crippen molar-refractivity contribution in [3.63, 3.8) is 0 Å². The van der Waals surface area contributed by atoms with E-state index in [1.54, 1.807) is 0 Å². The number of carbonyl (C=O) groups is 1. The summed E-state index contributed by atoms with van der Waals surface area (Å²) in [5, 5.41) is 10.3. The number of fused-ring (bicyclic) bond motifs is 2. The Hall–Kier alpha value is -3.78. The summed E-state index contributed by atoms with van der Waals surface area (Å²) >= 11 is 0. The Balaban J connectivity index is 1.63. The van der Waals surface area contributed by atoms with E-state index in [0.29, 0.717) is 40.7 Å². The summed E-state index contributed by atoms with van der Waals surface area (Å²) in [6, 6.07) is 15.4. The van der Waals surface area contributed by atoms with Gasteiger partial charge < -0.3 is 14.4 Å². The zero-order valence-electron chi connectivity index (χ0n) is 30.9. The minimum Gasteiger partial charge on any atom is -0.481 e. The summed E-state index contributed by atoms with van der Waals surface area (Å²) in [5.74, 6) is -0.231. The van der Waals surface area contributed by atoms with Crippen LogP contribution in [-0.4, -0.2) is 65.2 Å². The number of benzene rings is 3. The first-order valence-electron chi connectivity index (χ1n) is 18.5. The fraction of sp³-hybridized carbons (Fsp3) is 0.487. The number of rotatable bonds is 21. The van der Waals surface area contributed by atoms with Gasteiger partial charge >= 0.3 is 5.97 Å². The third-order valence-electron chi connectivity index (χ3n) is 9.62. The molecule has 0 amide bonds.